The van der Waals surface area contributed by atoms with E-state index in [4.69, 9.17) is 4.42 Å². The number of thiazole rings is 1. The minimum Gasteiger partial charge on any atom is -0.461 e. The predicted molar refractivity (Wildman–Crippen MR) is 106 cm³/mol. The average Bonchev–Trinajstić information content (AvgIpc) is 3.42. The maximum atomic E-state index is 12.2. The van der Waals surface area contributed by atoms with Crippen LogP contribution in [0.4, 0.5) is 5.13 Å². The molecule has 0 saturated carbocycles. The lowest BCUT2D eigenvalue weighted by molar-refractivity contribution is -0.113. The topological polar surface area (TPSA) is 85.8 Å². The summed E-state index contributed by atoms with van der Waals surface area (Å²) in [6, 6.07) is 13.5. The van der Waals surface area contributed by atoms with E-state index in [1.165, 1.54) is 23.1 Å². The molecule has 0 aliphatic carbocycles. The van der Waals surface area contributed by atoms with Gasteiger partial charge in [0.25, 0.3) is 0 Å². The highest BCUT2D eigenvalue weighted by Gasteiger charge is 2.15. The lowest BCUT2D eigenvalue weighted by Crippen LogP contribution is -2.14. The van der Waals surface area contributed by atoms with Crippen LogP contribution >= 0.6 is 23.1 Å². The second kappa shape index (κ2) is 7.77. The summed E-state index contributed by atoms with van der Waals surface area (Å²) in [5, 5.41) is 14.2. The van der Waals surface area contributed by atoms with E-state index in [9.17, 15) is 4.79 Å². The van der Waals surface area contributed by atoms with Crippen molar-refractivity contribution < 1.29 is 9.21 Å². The van der Waals surface area contributed by atoms with Crippen LogP contribution in [0, 0.1) is 0 Å². The van der Waals surface area contributed by atoms with E-state index in [-0.39, 0.29) is 11.7 Å². The van der Waals surface area contributed by atoms with Crippen molar-refractivity contribution >= 4 is 34.1 Å². The summed E-state index contributed by atoms with van der Waals surface area (Å²) < 4.78 is 7.14. The third-order valence-corrected chi connectivity index (χ3v) is 5.51. The van der Waals surface area contributed by atoms with E-state index in [0.717, 1.165) is 11.3 Å². The third-order valence-electron chi connectivity index (χ3n) is 3.73. The lowest BCUT2D eigenvalue weighted by Gasteiger charge is -2.03. The van der Waals surface area contributed by atoms with Crippen molar-refractivity contribution in [2.45, 2.75) is 5.16 Å². The molecular weight excluding hydrogens is 382 g/mol. The van der Waals surface area contributed by atoms with Gasteiger partial charge in [-0.1, -0.05) is 42.1 Å². The van der Waals surface area contributed by atoms with E-state index in [1.807, 2.05) is 48.8 Å². The fourth-order valence-electron chi connectivity index (χ4n) is 2.42. The molecule has 1 N–H and O–H groups in total. The van der Waals surface area contributed by atoms with Crippen LogP contribution in [-0.4, -0.2) is 31.4 Å². The number of amides is 1. The smallest absolute Gasteiger partial charge is 0.236 e. The summed E-state index contributed by atoms with van der Waals surface area (Å²) in [5.41, 5.74) is 1.87. The molecule has 1 amide bonds. The van der Waals surface area contributed by atoms with Gasteiger partial charge in [0.15, 0.2) is 21.9 Å². The first kappa shape index (κ1) is 17.5. The van der Waals surface area contributed by atoms with E-state index in [2.05, 4.69) is 20.5 Å². The third kappa shape index (κ3) is 3.93. The Balaban J connectivity index is 1.36. The molecule has 0 fully saturated rings. The van der Waals surface area contributed by atoms with E-state index >= 15 is 0 Å². The van der Waals surface area contributed by atoms with Crippen molar-refractivity contribution in [2.75, 3.05) is 11.1 Å². The summed E-state index contributed by atoms with van der Waals surface area (Å²) in [4.78, 5) is 16.7. The Morgan fingerprint density at radius 3 is 2.85 bits per heavy atom. The highest BCUT2D eigenvalue weighted by Crippen LogP contribution is 2.26. The predicted octanol–water partition coefficient (Wildman–Crippen LogP) is 3.93. The Bertz CT molecular complexity index is 1040. The van der Waals surface area contributed by atoms with Gasteiger partial charge in [-0.15, -0.1) is 21.5 Å². The molecule has 4 aromatic rings. The summed E-state index contributed by atoms with van der Waals surface area (Å²) in [6.45, 7) is 0. The molecule has 3 heterocycles. The highest BCUT2D eigenvalue weighted by molar-refractivity contribution is 7.99. The van der Waals surface area contributed by atoms with Crippen molar-refractivity contribution in [3.8, 4) is 22.8 Å². The summed E-state index contributed by atoms with van der Waals surface area (Å²) >= 11 is 2.71. The maximum Gasteiger partial charge on any atom is 0.236 e. The zero-order chi connectivity index (χ0) is 18.6. The standard InChI is InChI=1S/C18H15N5O2S2/c1-23-16(14-8-5-9-25-14)21-22-18(23)27-11-15(24)20-17-19-13(10-26-17)12-6-3-2-4-7-12/h2-10H,11H2,1H3,(H,19,20,24). The molecule has 0 unspecified atom stereocenters. The Labute approximate surface area is 163 Å². The first-order valence-corrected chi connectivity index (χ1v) is 9.94. The Hall–Kier alpha value is -2.91. The van der Waals surface area contributed by atoms with Crippen molar-refractivity contribution in [1.82, 2.24) is 19.7 Å². The van der Waals surface area contributed by atoms with Crippen molar-refractivity contribution in [1.29, 1.82) is 0 Å². The molecule has 7 nitrogen and oxygen atoms in total. The number of anilines is 1. The number of thioether (sulfide) groups is 1. The Kier molecular flexibility index (Phi) is 5.03. The van der Waals surface area contributed by atoms with Crippen LogP contribution in [0.25, 0.3) is 22.8 Å². The van der Waals surface area contributed by atoms with Crippen LogP contribution in [0.1, 0.15) is 0 Å². The number of nitrogens with zero attached hydrogens (tertiary/aromatic N) is 4. The zero-order valence-electron chi connectivity index (χ0n) is 14.3. The molecule has 136 valence electrons. The van der Waals surface area contributed by atoms with Gasteiger partial charge in [-0.05, 0) is 12.1 Å². The number of carbonyl (C=O) groups excluding carboxylic acids is 1. The quantitative estimate of drug-likeness (QED) is 0.496. The molecule has 0 radical (unpaired) electrons. The Morgan fingerprint density at radius 1 is 1.22 bits per heavy atom. The molecule has 0 aliphatic heterocycles. The van der Waals surface area contributed by atoms with Crippen molar-refractivity contribution in [3.05, 3.63) is 54.1 Å². The average molecular weight is 397 g/mol. The number of aromatic nitrogens is 4. The van der Waals surface area contributed by atoms with Gasteiger partial charge >= 0.3 is 0 Å². The van der Waals surface area contributed by atoms with Gasteiger partial charge in [-0.25, -0.2) is 4.98 Å². The number of carbonyl (C=O) groups is 1. The fraction of sp³-hybridized carbons (Fsp3) is 0.111. The van der Waals surface area contributed by atoms with Crippen LogP contribution in [0.15, 0.2) is 63.7 Å². The zero-order valence-corrected chi connectivity index (χ0v) is 16.0. The largest absolute Gasteiger partial charge is 0.461 e. The molecule has 27 heavy (non-hydrogen) atoms. The minimum absolute atomic E-state index is 0.142. The molecule has 0 bridgehead atoms. The summed E-state index contributed by atoms with van der Waals surface area (Å²) in [6.07, 6.45) is 1.59. The monoisotopic (exact) mass is 397 g/mol. The van der Waals surface area contributed by atoms with Crippen molar-refractivity contribution in [3.63, 3.8) is 0 Å². The van der Waals surface area contributed by atoms with Crippen LogP contribution < -0.4 is 5.32 Å². The highest BCUT2D eigenvalue weighted by atomic mass is 32.2. The van der Waals surface area contributed by atoms with Gasteiger partial charge in [0.05, 0.1) is 17.7 Å². The summed E-state index contributed by atoms with van der Waals surface area (Å²) in [5.74, 6) is 1.33. The van der Waals surface area contributed by atoms with Gasteiger partial charge in [0.2, 0.25) is 5.91 Å². The molecule has 0 atom stereocenters. The number of rotatable bonds is 6. The molecular formula is C18H15N5O2S2. The Morgan fingerprint density at radius 2 is 2.07 bits per heavy atom. The number of hydrogen-bond donors (Lipinski definition) is 1. The molecule has 3 aromatic heterocycles. The SMILES string of the molecule is Cn1c(SCC(=O)Nc2nc(-c3ccccc3)cs2)nnc1-c1ccco1. The minimum atomic E-state index is -0.142. The van der Waals surface area contributed by atoms with E-state index in [1.54, 1.807) is 16.9 Å². The van der Waals surface area contributed by atoms with Gasteiger partial charge in [-0.3, -0.25) is 4.79 Å². The van der Waals surface area contributed by atoms with Crippen LogP contribution in [0.5, 0.6) is 0 Å². The van der Waals surface area contributed by atoms with Gasteiger partial charge in [-0.2, -0.15) is 0 Å². The number of hydrogen-bond acceptors (Lipinski definition) is 7. The second-order valence-electron chi connectivity index (χ2n) is 5.58. The number of nitrogens with one attached hydrogen (secondary N) is 1. The second-order valence-corrected chi connectivity index (χ2v) is 7.38. The first-order valence-electron chi connectivity index (χ1n) is 8.07. The van der Waals surface area contributed by atoms with Gasteiger partial charge in [0, 0.05) is 18.0 Å². The molecule has 0 aliphatic rings. The molecule has 0 saturated heterocycles. The fourth-order valence-corrected chi connectivity index (χ4v) is 3.87. The van der Waals surface area contributed by atoms with Crippen molar-refractivity contribution in [2.24, 2.45) is 7.05 Å². The van der Waals surface area contributed by atoms with Gasteiger partial charge < -0.3 is 14.3 Å². The lowest BCUT2D eigenvalue weighted by atomic mass is 10.2. The van der Waals surface area contributed by atoms with Crippen LogP contribution in [-0.2, 0) is 11.8 Å². The molecule has 0 spiro atoms. The van der Waals surface area contributed by atoms with Crippen LogP contribution in [0.2, 0.25) is 0 Å². The molecule has 1 aromatic carbocycles. The maximum absolute atomic E-state index is 12.2. The summed E-state index contributed by atoms with van der Waals surface area (Å²) in [7, 11) is 1.84. The van der Waals surface area contributed by atoms with E-state index < -0.39 is 0 Å². The molecule has 9 heteroatoms. The molecule has 4 rings (SSSR count). The van der Waals surface area contributed by atoms with Gasteiger partial charge in [0.1, 0.15) is 0 Å². The number of benzene rings is 1. The first-order chi connectivity index (χ1) is 13.2. The van der Waals surface area contributed by atoms with Crippen LogP contribution in [0.3, 0.4) is 0 Å². The van der Waals surface area contributed by atoms with E-state index in [0.29, 0.717) is 21.9 Å². The normalized spacial score (nSPS) is 10.9. The number of furan rings is 1.